The third-order valence-electron chi connectivity index (χ3n) is 2.79. The number of morpholine rings is 1. The van der Waals surface area contributed by atoms with Crippen LogP contribution in [0.25, 0.3) is 0 Å². The molecule has 0 bridgehead atoms. The summed E-state index contributed by atoms with van der Waals surface area (Å²) in [7, 11) is 2.01. The highest BCUT2D eigenvalue weighted by atomic mass is 16.6. The van der Waals surface area contributed by atoms with Crippen molar-refractivity contribution in [3.05, 3.63) is 21.9 Å². The molecule has 0 N–H and O–H groups in total. The van der Waals surface area contributed by atoms with E-state index in [-0.39, 0.29) is 11.9 Å². The van der Waals surface area contributed by atoms with Gasteiger partial charge in [0.05, 0.1) is 18.4 Å². The highest BCUT2D eigenvalue weighted by molar-refractivity contribution is 5.22. The van der Waals surface area contributed by atoms with Gasteiger partial charge in [-0.15, -0.1) is 4.68 Å². The predicted octanol–water partition coefficient (Wildman–Crippen LogP) is 0.430. The molecule has 0 aliphatic carbocycles. The van der Waals surface area contributed by atoms with Crippen molar-refractivity contribution in [3.8, 4) is 0 Å². The third kappa shape index (κ3) is 2.80. The molecular formula is C10H16N4O3. The second kappa shape index (κ2) is 4.80. The Labute approximate surface area is 99.1 Å². The molecule has 2 rings (SSSR count). The number of nitro groups is 1. The molecule has 0 unspecified atom stereocenters. The number of hydrogen-bond donors (Lipinski definition) is 0. The van der Waals surface area contributed by atoms with E-state index in [9.17, 15) is 10.1 Å². The maximum absolute atomic E-state index is 10.8. The first kappa shape index (κ1) is 12.0. The Morgan fingerprint density at radius 1 is 1.71 bits per heavy atom. The Bertz CT molecular complexity index is 418. The number of rotatable bonds is 3. The van der Waals surface area contributed by atoms with Crippen molar-refractivity contribution in [1.82, 2.24) is 14.7 Å². The summed E-state index contributed by atoms with van der Waals surface area (Å²) in [6, 6.07) is 1.48. The van der Waals surface area contributed by atoms with Crippen LogP contribution >= 0.6 is 0 Å². The van der Waals surface area contributed by atoms with E-state index in [2.05, 4.69) is 10.00 Å². The van der Waals surface area contributed by atoms with E-state index in [1.54, 1.807) is 6.92 Å². The van der Waals surface area contributed by atoms with Crippen LogP contribution in [0.2, 0.25) is 0 Å². The van der Waals surface area contributed by atoms with E-state index in [4.69, 9.17) is 4.74 Å². The fraction of sp³-hybridized carbons (Fsp3) is 0.700. The van der Waals surface area contributed by atoms with Gasteiger partial charge in [-0.2, -0.15) is 0 Å². The molecule has 0 spiro atoms. The first-order valence-electron chi connectivity index (χ1n) is 5.55. The SMILES string of the molecule is Cc1cc([N+](=O)[O-])n(C[C@@H]2CN(C)CCO2)n1. The van der Waals surface area contributed by atoms with Crippen LogP contribution in [0.4, 0.5) is 5.82 Å². The molecule has 7 heteroatoms. The molecule has 0 saturated carbocycles. The molecule has 1 aliphatic rings. The van der Waals surface area contributed by atoms with Crippen molar-refractivity contribution in [2.45, 2.75) is 19.6 Å². The van der Waals surface area contributed by atoms with Gasteiger partial charge in [-0.3, -0.25) is 0 Å². The molecule has 1 aliphatic heterocycles. The second-order valence-corrected chi connectivity index (χ2v) is 4.34. The van der Waals surface area contributed by atoms with Gasteiger partial charge in [0.15, 0.2) is 0 Å². The first-order valence-corrected chi connectivity index (χ1v) is 5.55. The molecule has 0 aromatic carbocycles. The molecule has 0 radical (unpaired) electrons. The van der Waals surface area contributed by atoms with Crippen molar-refractivity contribution in [1.29, 1.82) is 0 Å². The summed E-state index contributed by atoms with van der Waals surface area (Å²) in [5.41, 5.74) is 0.654. The average molecular weight is 240 g/mol. The zero-order valence-corrected chi connectivity index (χ0v) is 10.00. The summed E-state index contributed by atoms with van der Waals surface area (Å²) in [5, 5.41) is 15.0. The van der Waals surface area contributed by atoms with Crippen LogP contribution in [0.15, 0.2) is 6.07 Å². The van der Waals surface area contributed by atoms with Gasteiger partial charge in [-0.05, 0) is 18.9 Å². The minimum Gasteiger partial charge on any atom is -0.371 e. The van der Waals surface area contributed by atoms with Crippen LogP contribution in [0.5, 0.6) is 0 Å². The zero-order valence-electron chi connectivity index (χ0n) is 10.00. The summed E-state index contributed by atoms with van der Waals surface area (Å²) in [6.07, 6.45) is -0.0354. The van der Waals surface area contributed by atoms with Gasteiger partial charge in [0.25, 0.3) is 0 Å². The van der Waals surface area contributed by atoms with Crippen LogP contribution < -0.4 is 0 Å². The Morgan fingerprint density at radius 3 is 3.12 bits per heavy atom. The molecule has 1 atom stereocenters. The van der Waals surface area contributed by atoms with Crippen molar-refractivity contribution in [3.63, 3.8) is 0 Å². The van der Waals surface area contributed by atoms with Crippen LogP contribution in [0, 0.1) is 17.0 Å². The largest absolute Gasteiger partial charge is 0.371 e. The summed E-state index contributed by atoms with van der Waals surface area (Å²) >= 11 is 0. The van der Waals surface area contributed by atoms with Gasteiger partial charge in [-0.25, -0.2) is 0 Å². The molecular weight excluding hydrogens is 224 g/mol. The molecule has 1 aromatic rings. The van der Waals surface area contributed by atoms with E-state index < -0.39 is 4.92 Å². The molecule has 94 valence electrons. The number of aromatic nitrogens is 2. The monoisotopic (exact) mass is 240 g/mol. The molecule has 7 nitrogen and oxygen atoms in total. The minimum atomic E-state index is -0.410. The van der Waals surface area contributed by atoms with Gasteiger partial charge < -0.3 is 19.8 Å². The smallest absolute Gasteiger partial charge is 0.345 e. The van der Waals surface area contributed by atoms with E-state index in [0.29, 0.717) is 18.8 Å². The van der Waals surface area contributed by atoms with Gasteiger partial charge in [0.2, 0.25) is 0 Å². The maximum atomic E-state index is 10.8. The van der Waals surface area contributed by atoms with Crippen LogP contribution in [-0.4, -0.2) is 52.5 Å². The number of nitrogens with zero attached hydrogens (tertiary/aromatic N) is 4. The maximum Gasteiger partial charge on any atom is 0.345 e. The fourth-order valence-electron chi connectivity index (χ4n) is 1.98. The Hall–Kier alpha value is -1.47. The van der Waals surface area contributed by atoms with Gasteiger partial charge in [0.1, 0.15) is 12.6 Å². The highest BCUT2D eigenvalue weighted by Gasteiger charge is 2.24. The lowest BCUT2D eigenvalue weighted by Gasteiger charge is -2.28. The van der Waals surface area contributed by atoms with Gasteiger partial charge in [0, 0.05) is 13.1 Å². The minimum absolute atomic E-state index is 0.0272. The lowest BCUT2D eigenvalue weighted by molar-refractivity contribution is -0.393. The average Bonchev–Trinajstić information content (AvgIpc) is 2.59. The molecule has 2 heterocycles. The first-order chi connectivity index (χ1) is 8.06. The Balaban J connectivity index is 2.09. The highest BCUT2D eigenvalue weighted by Crippen LogP contribution is 2.15. The number of aryl methyl sites for hydroxylation is 1. The number of likely N-dealkylation sites (N-methyl/N-ethyl adjacent to an activating group) is 1. The van der Waals surface area contributed by atoms with E-state index in [1.807, 2.05) is 7.05 Å². The van der Waals surface area contributed by atoms with Crippen molar-refractivity contribution in [2.75, 3.05) is 26.7 Å². The zero-order chi connectivity index (χ0) is 12.4. The van der Waals surface area contributed by atoms with Gasteiger partial charge in [-0.1, -0.05) is 5.10 Å². The lowest BCUT2D eigenvalue weighted by Crippen LogP contribution is -2.42. The topological polar surface area (TPSA) is 73.4 Å². The summed E-state index contributed by atoms with van der Waals surface area (Å²) < 4.78 is 6.99. The number of ether oxygens (including phenoxy) is 1. The summed E-state index contributed by atoms with van der Waals surface area (Å²) in [5.74, 6) is 0.0272. The van der Waals surface area contributed by atoms with Crippen LogP contribution in [-0.2, 0) is 11.3 Å². The van der Waals surface area contributed by atoms with Crippen molar-refractivity contribution < 1.29 is 9.66 Å². The molecule has 1 aromatic heterocycles. The number of hydrogen-bond acceptors (Lipinski definition) is 5. The van der Waals surface area contributed by atoms with Gasteiger partial charge >= 0.3 is 5.82 Å². The van der Waals surface area contributed by atoms with Crippen LogP contribution in [0.1, 0.15) is 5.69 Å². The predicted molar refractivity (Wildman–Crippen MR) is 60.9 cm³/mol. The quantitative estimate of drug-likeness (QED) is 0.566. The van der Waals surface area contributed by atoms with Crippen molar-refractivity contribution in [2.24, 2.45) is 0 Å². The Morgan fingerprint density at radius 2 is 2.47 bits per heavy atom. The normalized spacial score (nSPS) is 21.6. The van der Waals surface area contributed by atoms with E-state index in [1.165, 1.54) is 10.7 Å². The fourth-order valence-corrected chi connectivity index (χ4v) is 1.98. The summed E-state index contributed by atoms with van der Waals surface area (Å²) in [6.45, 7) is 4.51. The standard InChI is InChI=1S/C10H16N4O3/c1-8-5-10(14(15)16)13(11-8)7-9-6-12(2)3-4-17-9/h5,9H,3-4,6-7H2,1-2H3/t9-/m0/s1. The summed E-state index contributed by atoms with van der Waals surface area (Å²) in [4.78, 5) is 12.6. The lowest BCUT2D eigenvalue weighted by atomic mass is 10.3. The van der Waals surface area contributed by atoms with Crippen LogP contribution in [0.3, 0.4) is 0 Å². The molecule has 1 fully saturated rings. The molecule has 1 saturated heterocycles. The van der Waals surface area contributed by atoms with E-state index >= 15 is 0 Å². The molecule has 0 amide bonds. The Kier molecular flexibility index (Phi) is 3.39. The van der Waals surface area contributed by atoms with Crippen molar-refractivity contribution >= 4 is 5.82 Å². The second-order valence-electron chi connectivity index (χ2n) is 4.34. The third-order valence-corrected chi connectivity index (χ3v) is 2.79. The van der Waals surface area contributed by atoms with E-state index in [0.717, 1.165) is 13.1 Å². The molecule has 17 heavy (non-hydrogen) atoms.